The van der Waals surface area contributed by atoms with E-state index in [-0.39, 0.29) is 16.9 Å². The highest BCUT2D eigenvalue weighted by molar-refractivity contribution is 5.97. The van der Waals surface area contributed by atoms with Gasteiger partial charge in [-0.1, -0.05) is 51.9 Å². The molecule has 0 saturated carbocycles. The number of aromatic nitrogens is 1. The van der Waals surface area contributed by atoms with Crippen molar-refractivity contribution in [1.29, 1.82) is 0 Å². The van der Waals surface area contributed by atoms with Crippen molar-refractivity contribution in [2.75, 3.05) is 40.4 Å². The molecule has 2 rings (SSSR count). The zero-order valence-electron chi connectivity index (χ0n) is 20.8. The maximum atomic E-state index is 13.0. The fourth-order valence-corrected chi connectivity index (χ4v) is 3.68. The SMILES string of the molecule is CCCCCCCCCCOc1cc2c(=O)c(C(=O)NCCN(C)C)c[nH]c2cc1OCC. The lowest BCUT2D eigenvalue weighted by Gasteiger charge is -2.14. The van der Waals surface area contributed by atoms with Gasteiger partial charge < -0.3 is 24.7 Å². The molecule has 0 unspecified atom stereocenters. The smallest absolute Gasteiger partial charge is 0.256 e. The molecule has 184 valence electrons. The molecule has 7 nitrogen and oxygen atoms in total. The summed E-state index contributed by atoms with van der Waals surface area (Å²) >= 11 is 0. The molecular weight excluding hydrogens is 418 g/mol. The van der Waals surface area contributed by atoms with Crippen LogP contribution in [0.5, 0.6) is 11.5 Å². The first-order valence-corrected chi connectivity index (χ1v) is 12.4. The molecule has 7 heteroatoms. The summed E-state index contributed by atoms with van der Waals surface area (Å²) in [5.41, 5.74) is 0.401. The van der Waals surface area contributed by atoms with Crippen LogP contribution < -0.4 is 20.2 Å². The van der Waals surface area contributed by atoms with Gasteiger partial charge in [0.1, 0.15) is 5.56 Å². The van der Waals surface area contributed by atoms with Gasteiger partial charge >= 0.3 is 0 Å². The Morgan fingerprint density at radius 2 is 1.64 bits per heavy atom. The molecule has 2 N–H and O–H groups in total. The second-order valence-corrected chi connectivity index (χ2v) is 8.69. The summed E-state index contributed by atoms with van der Waals surface area (Å²) in [7, 11) is 3.86. The molecule has 33 heavy (non-hydrogen) atoms. The minimum Gasteiger partial charge on any atom is -0.490 e. The van der Waals surface area contributed by atoms with Crippen LogP contribution >= 0.6 is 0 Å². The molecule has 0 bridgehead atoms. The zero-order valence-corrected chi connectivity index (χ0v) is 20.8. The second-order valence-electron chi connectivity index (χ2n) is 8.69. The van der Waals surface area contributed by atoms with Gasteiger partial charge in [-0.25, -0.2) is 0 Å². The van der Waals surface area contributed by atoms with E-state index in [1.54, 1.807) is 12.1 Å². The van der Waals surface area contributed by atoms with Gasteiger partial charge in [0.25, 0.3) is 5.91 Å². The normalized spacial score (nSPS) is 11.2. The zero-order chi connectivity index (χ0) is 24.1. The van der Waals surface area contributed by atoms with Crippen molar-refractivity contribution in [2.45, 2.75) is 65.2 Å². The summed E-state index contributed by atoms with van der Waals surface area (Å²) < 4.78 is 11.7. The minimum absolute atomic E-state index is 0.0967. The number of fused-ring (bicyclic) bond motifs is 1. The Kier molecular flexibility index (Phi) is 11.8. The summed E-state index contributed by atoms with van der Waals surface area (Å²) in [5.74, 6) is 0.765. The Morgan fingerprint density at radius 1 is 0.970 bits per heavy atom. The lowest BCUT2D eigenvalue weighted by atomic mass is 10.1. The molecule has 1 aromatic carbocycles. The Bertz CT molecular complexity index is 924. The lowest BCUT2D eigenvalue weighted by Crippen LogP contribution is -2.34. The molecule has 1 aromatic heterocycles. The predicted molar refractivity (Wildman–Crippen MR) is 135 cm³/mol. The van der Waals surface area contributed by atoms with Crippen molar-refractivity contribution in [3.63, 3.8) is 0 Å². The first kappa shape index (κ1) is 26.7. The molecule has 0 aliphatic carbocycles. The average Bonchev–Trinajstić information content (AvgIpc) is 2.78. The monoisotopic (exact) mass is 459 g/mol. The van der Waals surface area contributed by atoms with Gasteiger partial charge in [0.15, 0.2) is 11.5 Å². The number of ether oxygens (including phenoxy) is 2. The summed E-state index contributed by atoms with van der Waals surface area (Å²) in [6.45, 7) is 6.39. The first-order chi connectivity index (χ1) is 16.0. The topological polar surface area (TPSA) is 83.7 Å². The molecule has 0 spiro atoms. The third-order valence-corrected chi connectivity index (χ3v) is 5.59. The number of carbonyl (C=O) groups is 1. The Labute approximate surface area is 197 Å². The molecule has 0 aliphatic heterocycles. The Balaban J connectivity index is 2.05. The van der Waals surface area contributed by atoms with E-state index >= 15 is 0 Å². The third kappa shape index (κ3) is 8.72. The average molecular weight is 460 g/mol. The number of nitrogens with zero attached hydrogens (tertiary/aromatic N) is 1. The van der Waals surface area contributed by atoms with E-state index in [9.17, 15) is 9.59 Å². The number of nitrogens with one attached hydrogen (secondary N) is 2. The second kappa shape index (κ2) is 14.6. The van der Waals surface area contributed by atoms with Gasteiger partial charge in [-0.15, -0.1) is 0 Å². The van der Waals surface area contributed by atoms with Crippen molar-refractivity contribution in [2.24, 2.45) is 0 Å². The van der Waals surface area contributed by atoms with Gasteiger partial charge in [-0.05, 0) is 33.5 Å². The van der Waals surface area contributed by atoms with Crippen molar-refractivity contribution < 1.29 is 14.3 Å². The minimum atomic E-state index is -0.379. The van der Waals surface area contributed by atoms with Gasteiger partial charge in [0.2, 0.25) is 5.43 Å². The van der Waals surface area contributed by atoms with Crippen molar-refractivity contribution in [3.05, 3.63) is 34.1 Å². The van der Waals surface area contributed by atoms with Crippen LogP contribution in [0.15, 0.2) is 23.1 Å². The van der Waals surface area contributed by atoms with Crippen molar-refractivity contribution in [3.8, 4) is 11.5 Å². The number of hydrogen-bond acceptors (Lipinski definition) is 5. The number of amides is 1. The quantitative estimate of drug-likeness (QED) is 0.354. The fourth-order valence-electron chi connectivity index (χ4n) is 3.68. The summed E-state index contributed by atoms with van der Waals surface area (Å²) in [6, 6.07) is 3.47. The maximum Gasteiger partial charge on any atom is 0.256 e. The third-order valence-electron chi connectivity index (χ3n) is 5.59. The van der Waals surface area contributed by atoms with Gasteiger partial charge in [-0.2, -0.15) is 0 Å². The van der Waals surface area contributed by atoms with Gasteiger partial charge in [0, 0.05) is 25.4 Å². The van der Waals surface area contributed by atoms with Crippen LogP contribution in [-0.4, -0.2) is 56.2 Å². The number of rotatable bonds is 16. The van der Waals surface area contributed by atoms with E-state index in [1.165, 1.54) is 44.7 Å². The van der Waals surface area contributed by atoms with E-state index in [0.29, 0.717) is 48.7 Å². The summed E-state index contributed by atoms with van der Waals surface area (Å²) in [4.78, 5) is 30.6. The highest BCUT2D eigenvalue weighted by Crippen LogP contribution is 2.31. The number of aromatic amines is 1. The highest BCUT2D eigenvalue weighted by atomic mass is 16.5. The molecule has 1 heterocycles. The summed E-state index contributed by atoms with van der Waals surface area (Å²) in [6.07, 6.45) is 11.3. The van der Waals surface area contributed by atoms with Crippen molar-refractivity contribution in [1.82, 2.24) is 15.2 Å². The van der Waals surface area contributed by atoms with E-state index in [2.05, 4.69) is 17.2 Å². The molecule has 2 aromatic rings. The van der Waals surface area contributed by atoms with E-state index < -0.39 is 0 Å². The van der Waals surface area contributed by atoms with Crippen LogP contribution in [0.1, 0.15) is 75.6 Å². The first-order valence-electron chi connectivity index (χ1n) is 12.4. The Hall–Kier alpha value is -2.54. The number of pyridine rings is 1. The van der Waals surface area contributed by atoms with Crippen LogP contribution in [-0.2, 0) is 0 Å². The maximum absolute atomic E-state index is 13.0. The molecule has 0 aliphatic rings. The number of unbranched alkanes of at least 4 members (excludes halogenated alkanes) is 7. The van der Waals surface area contributed by atoms with E-state index in [0.717, 1.165) is 12.8 Å². The van der Waals surface area contributed by atoms with Gasteiger partial charge in [-0.3, -0.25) is 9.59 Å². The standard InChI is InChI=1S/C26H41N3O4/c1-5-7-8-9-10-11-12-13-16-33-23-17-20-22(18-24(23)32-6-2)28-19-21(25(20)30)26(31)27-14-15-29(3)4/h17-19H,5-16H2,1-4H3,(H,27,31)(H,28,30). The number of H-pyrrole nitrogens is 1. The molecule has 0 saturated heterocycles. The Morgan fingerprint density at radius 3 is 2.30 bits per heavy atom. The van der Waals surface area contributed by atoms with E-state index in [1.807, 2.05) is 25.9 Å². The largest absolute Gasteiger partial charge is 0.490 e. The van der Waals surface area contributed by atoms with E-state index in [4.69, 9.17) is 9.47 Å². The van der Waals surface area contributed by atoms with Crippen LogP contribution in [0.25, 0.3) is 10.9 Å². The van der Waals surface area contributed by atoms with Crippen molar-refractivity contribution >= 4 is 16.8 Å². The van der Waals surface area contributed by atoms with Crippen LogP contribution in [0.4, 0.5) is 0 Å². The lowest BCUT2D eigenvalue weighted by molar-refractivity contribution is 0.0950. The highest BCUT2D eigenvalue weighted by Gasteiger charge is 2.16. The van der Waals surface area contributed by atoms with Crippen LogP contribution in [0, 0.1) is 0 Å². The van der Waals surface area contributed by atoms with Gasteiger partial charge in [0.05, 0.1) is 24.1 Å². The number of hydrogen-bond donors (Lipinski definition) is 2. The number of likely N-dealkylation sites (N-methyl/N-ethyl adjacent to an activating group) is 1. The molecule has 0 radical (unpaired) electrons. The molecule has 1 amide bonds. The fraction of sp³-hybridized carbons (Fsp3) is 0.615. The molecule has 0 atom stereocenters. The number of carbonyl (C=O) groups excluding carboxylic acids is 1. The molecular formula is C26H41N3O4. The van der Waals surface area contributed by atoms with Crippen LogP contribution in [0.3, 0.4) is 0 Å². The predicted octanol–water partition coefficient (Wildman–Crippen LogP) is 4.74. The molecule has 0 fully saturated rings. The summed E-state index contributed by atoms with van der Waals surface area (Å²) in [5, 5.41) is 3.22. The van der Waals surface area contributed by atoms with Crippen LogP contribution in [0.2, 0.25) is 0 Å². The number of benzene rings is 1.